The van der Waals surface area contributed by atoms with E-state index in [0.717, 1.165) is 46.4 Å². The molecule has 3 N–H and O–H groups in total. The largest absolute Gasteiger partial charge is 0.385 e. The molecule has 1 aliphatic heterocycles. The molecule has 7 heteroatoms. The van der Waals surface area contributed by atoms with Crippen LogP contribution in [0.4, 0.5) is 5.69 Å². The summed E-state index contributed by atoms with van der Waals surface area (Å²) in [7, 11) is 0. The van der Waals surface area contributed by atoms with Crippen molar-refractivity contribution in [2.45, 2.75) is 39.7 Å². The summed E-state index contributed by atoms with van der Waals surface area (Å²) in [6.07, 6.45) is 1.74. The van der Waals surface area contributed by atoms with Gasteiger partial charge in [0.05, 0.1) is 11.4 Å². The molecule has 1 saturated heterocycles. The summed E-state index contributed by atoms with van der Waals surface area (Å²) in [5.74, 6) is -0.131. The lowest BCUT2D eigenvalue weighted by molar-refractivity contribution is 0.102. The van der Waals surface area contributed by atoms with Gasteiger partial charge < -0.3 is 15.3 Å². The number of aromatic amines is 1. The number of β-amino-alcohol motifs (C(OH)–C–C–N with tert-alkyl or cyclic N) is 1. The molecule has 1 amide bonds. The van der Waals surface area contributed by atoms with Gasteiger partial charge in [0.1, 0.15) is 6.10 Å². The number of aromatic nitrogens is 3. The van der Waals surface area contributed by atoms with E-state index in [0.29, 0.717) is 29.1 Å². The van der Waals surface area contributed by atoms with Gasteiger partial charge in [0.2, 0.25) is 0 Å². The zero-order chi connectivity index (χ0) is 24.5. The lowest BCUT2D eigenvalue weighted by atomic mass is 10.0. The van der Waals surface area contributed by atoms with Crippen molar-refractivity contribution in [2.75, 3.05) is 25.0 Å². The summed E-state index contributed by atoms with van der Waals surface area (Å²) in [4.78, 5) is 20.0. The first kappa shape index (κ1) is 23.2. The highest BCUT2D eigenvalue weighted by molar-refractivity contribution is 6.05. The van der Waals surface area contributed by atoms with Crippen LogP contribution in [0.3, 0.4) is 0 Å². The molecule has 5 rings (SSSR count). The highest BCUT2D eigenvalue weighted by atomic mass is 16.3. The fourth-order valence-corrected chi connectivity index (χ4v) is 4.79. The van der Waals surface area contributed by atoms with E-state index in [-0.39, 0.29) is 5.91 Å². The molecule has 1 unspecified atom stereocenters. The van der Waals surface area contributed by atoms with Gasteiger partial charge in [-0.1, -0.05) is 18.2 Å². The number of benzene rings is 2. The van der Waals surface area contributed by atoms with Crippen LogP contribution in [-0.2, 0) is 0 Å². The minimum absolute atomic E-state index is 0.131. The van der Waals surface area contributed by atoms with Gasteiger partial charge in [0.15, 0.2) is 5.65 Å². The molecular weight excluding hydrogens is 438 g/mol. The highest BCUT2D eigenvalue weighted by Gasteiger charge is 2.21. The van der Waals surface area contributed by atoms with Crippen LogP contribution >= 0.6 is 0 Å². The molecule has 1 fully saturated rings. The molecule has 4 aromatic rings. The number of rotatable bonds is 6. The molecular formula is C28H31N5O2. The van der Waals surface area contributed by atoms with Crippen LogP contribution < -0.4 is 5.32 Å². The van der Waals surface area contributed by atoms with E-state index in [1.165, 1.54) is 12.8 Å². The number of aryl methyl sites for hydroxylation is 2. The van der Waals surface area contributed by atoms with E-state index in [1.54, 1.807) is 0 Å². The number of aliphatic hydroxyl groups is 1. The number of carbonyl (C=O) groups excluding carboxylic acids is 1. The Balaban J connectivity index is 1.40. The van der Waals surface area contributed by atoms with Crippen molar-refractivity contribution < 1.29 is 9.90 Å². The maximum absolute atomic E-state index is 12.9. The summed E-state index contributed by atoms with van der Waals surface area (Å²) in [6, 6.07) is 15.5. The monoisotopic (exact) mass is 469 g/mol. The van der Waals surface area contributed by atoms with Gasteiger partial charge in [0, 0.05) is 28.7 Å². The third kappa shape index (κ3) is 4.70. The minimum Gasteiger partial charge on any atom is -0.385 e. The van der Waals surface area contributed by atoms with Gasteiger partial charge in [0.25, 0.3) is 5.91 Å². The number of nitrogens with zero attached hydrogens (tertiary/aromatic N) is 3. The van der Waals surface area contributed by atoms with Crippen LogP contribution in [0, 0.1) is 20.8 Å². The van der Waals surface area contributed by atoms with Crippen molar-refractivity contribution in [2.24, 2.45) is 0 Å². The van der Waals surface area contributed by atoms with Gasteiger partial charge in [-0.25, -0.2) is 4.98 Å². The lowest BCUT2D eigenvalue weighted by Gasteiger charge is -2.18. The van der Waals surface area contributed by atoms with E-state index in [4.69, 9.17) is 4.98 Å². The molecule has 2 aromatic heterocycles. The molecule has 0 bridgehead atoms. The van der Waals surface area contributed by atoms with Crippen molar-refractivity contribution in [3.63, 3.8) is 0 Å². The number of aliphatic hydroxyl groups excluding tert-OH is 1. The number of nitrogens with one attached hydrogen (secondary N) is 2. The summed E-state index contributed by atoms with van der Waals surface area (Å²) < 4.78 is 0. The van der Waals surface area contributed by atoms with Crippen molar-refractivity contribution in [3.8, 4) is 11.3 Å². The number of fused-ring (bicyclic) bond motifs is 1. The third-order valence-electron chi connectivity index (χ3n) is 7.03. The fourth-order valence-electron chi connectivity index (χ4n) is 4.79. The van der Waals surface area contributed by atoms with Crippen molar-refractivity contribution in [1.82, 2.24) is 20.1 Å². The predicted octanol–water partition coefficient (Wildman–Crippen LogP) is 4.93. The molecule has 180 valence electrons. The van der Waals surface area contributed by atoms with Crippen LogP contribution in [-0.4, -0.2) is 50.7 Å². The highest BCUT2D eigenvalue weighted by Crippen LogP contribution is 2.29. The summed E-state index contributed by atoms with van der Waals surface area (Å²) in [6.45, 7) is 8.64. The van der Waals surface area contributed by atoms with Gasteiger partial charge in [-0.05, 0) is 93.7 Å². The molecule has 1 atom stereocenters. The Kier molecular flexibility index (Phi) is 6.36. The number of amides is 1. The Labute approximate surface area is 205 Å². The molecule has 0 radical (unpaired) electrons. The Morgan fingerprint density at radius 2 is 1.89 bits per heavy atom. The average molecular weight is 470 g/mol. The van der Waals surface area contributed by atoms with Crippen LogP contribution in [0.15, 0.2) is 48.5 Å². The molecule has 35 heavy (non-hydrogen) atoms. The van der Waals surface area contributed by atoms with Gasteiger partial charge in [-0.15, -0.1) is 0 Å². The maximum atomic E-state index is 12.9. The number of anilines is 1. The second-order valence-corrected chi connectivity index (χ2v) is 9.46. The number of pyridine rings is 1. The maximum Gasteiger partial charge on any atom is 0.255 e. The van der Waals surface area contributed by atoms with E-state index in [1.807, 2.05) is 69.3 Å². The normalized spacial score (nSPS) is 15.0. The molecule has 3 heterocycles. The first-order chi connectivity index (χ1) is 16.9. The zero-order valence-corrected chi connectivity index (χ0v) is 20.4. The summed E-state index contributed by atoms with van der Waals surface area (Å²) in [5.41, 5.74) is 7.46. The number of carbonyl (C=O) groups is 1. The van der Waals surface area contributed by atoms with Gasteiger partial charge in [-0.2, -0.15) is 5.10 Å². The van der Waals surface area contributed by atoms with Crippen LogP contribution in [0.25, 0.3) is 22.3 Å². The standard InChI is InChI=1S/C28H31N5O2/c1-17-7-6-8-21(19(17)3)28(35)29-20-10-9-18(2)23(15-20)24-12-11-22-26(31-32-27(22)30-24)25(34)16-33-13-4-5-14-33/h6-12,15,25,34H,4-5,13-14,16H2,1-3H3,(H,29,35)(H,30,31,32). The molecule has 2 aromatic carbocycles. The molecule has 7 nitrogen and oxygen atoms in total. The number of hydrogen-bond acceptors (Lipinski definition) is 5. The topological polar surface area (TPSA) is 94.1 Å². The Bertz CT molecular complexity index is 1390. The average Bonchev–Trinajstić information content (AvgIpc) is 3.51. The Morgan fingerprint density at radius 1 is 1.09 bits per heavy atom. The van der Waals surface area contributed by atoms with Crippen molar-refractivity contribution in [1.29, 1.82) is 0 Å². The van der Waals surface area contributed by atoms with Crippen LogP contribution in [0.1, 0.15) is 51.7 Å². The quantitative estimate of drug-likeness (QED) is 0.372. The Morgan fingerprint density at radius 3 is 2.69 bits per heavy atom. The zero-order valence-electron chi connectivity index (χ0n) is 20.4. The van der Waals surface area contributed by atoms with Crippen LogP contribution in [0.5, 0.6) is 0 Å². The number of hydrogen-bond donors (Lipinski definition) is 3. The number of likely N-dealkylation sites (tertiary alicyclic amines) is 1. The summed E-state index contributed by atoms with van der Waals surface area (Å²) in [5, 5.41) is 22.0. The fraction of sp³-hybridized carbons (Fsp3) is 0.321. The first-order valence-corrected chi connectivity index (χ1v) is 12.1. The second-order valence-electron chi connectivity index (χ2n) is 9.46. The molecule has 0 saturated carbocycles. The summed E-state index contributed by atoms with van der Waals surface area (Å²) >= 11 is 0. The van der Waals surface area contributed by atoms with E-state index < -0.39 is 6.10 Å². The number of H-pyrrole nitrogens is 1. The van der Waals surface area contributed by atoms with Crippen LogP contribution in [0.2, 0.25) is 0 Å². The smallest absolute Gasteiger partial charge is 0.255 e. The second kappa shape index (κ2) is 9.60. The molecule has 0 aliphatic carbocycles. The van der Waals surface area contributed by atoms with Gasteiger partial charge in [-0.3, -0.25) is 9.89 Å². The third-order valence-corrected chi connectivity index (χ3v) is 7.03. The predicted molar refractivity (Wildman–Crippen MR) is 139 cm³/mol. The lowest BCUT2D eigenvalue weighted by Crippen LogP contribution is -2.25. The van der Waals surface area contributed by atoms with Crippen molar-refractivity contribution >= 4 is 22.6 Å². The molecule has 1 aliphatic rings. The first-order valence-electron chi connectivity index (χ1n) is 12.1. The van der Waals surface area contributed by atoms with Gasteiger partial charge >= 0.3 is 0 Å². The van der Waals surface area contributed by atoms with Crippen molar-refractivity contribution in [3.05, 3.63) is 76.5 Å². The Hall–Kier alpha value is -3.55. The minimum atomic E-state index is -0.629. The van der Waals surface area contributed by atoms with E-state index in [9.17, 15) is 9.90 Å². The van der Waals surface area contributed by atoms with E-state index in [2.05, 4.69) is 20.4 Å². The SMILES string of the molecule is Cc1ccc(NC(=O)c2cccc(C)c2C)cc1-c1ccc2c(C(O)CN3CCCC3)[nH]nc2n1. The van der Waals surface area contributed by atoms with E-state index >= 15 is 0 Å². The molecule has 0 spiro atoms.